The van der Waals surface area contributed by atoms with E-state index in [1.165, 1.54) is 17.2 Å². The second-order valence-electron chi connectivity index (χ2n) is 10.9. The van der Waals surface area contributed by atoms with E-state index >= 15 is 0 Å². The quantitative estimate of drug-likeness (QED) is 0.243. The highest BCUT2D eigenvalue weighted by Crippen LogP contribution is 2.33. The standard InChI is InChI=1S/C27H33BF2N4O6/c1-26(2,33-11-9-27(29,30)17-33)13-19(14-31)24(35)34-10-5-6-20(34)16-40-25(36)32-23(28(37)38)12-18-15-39-22-8-4-3-7-21(18)22/h3-4,7-8,13,15,20,23,37-38H,5-6,9-12,16-17H2,1-2H3,(H,32,36)/t20-,23+/m1/s1. The van der Waals surface area contributed by atoms with Gasteiger partial charge in [-0.25, -0.2) is 13.6 Å². The molecule has 0 saturated carbocycles. The van der Waals surface area contributed by atoms with Crippen LogP contribution in [-0.4, -0.2) is 88.7 Å². The minimum absolute atomic E-state index is 0.0763. The fourth-order valence-electron chi connectivity index (χ4n) is 5.27. The van der Waals surface area contributed by atoms with E-state index in [-0.39, 0.29) is 31.6 Å². The van der Waals surface area contributed by atoms with Crippen LogP contribution < -0.4 is 5.32 Å². The summed E-state index contributed by atoms with van der Waals surface area (Å²) in [5, 5.41) is 32.6. The van der Waals surface area contributed by atoms with E-state index in [0.29, 0.717) is 30.5 Å². The van der Waals surface area contributed by atoms with Gasteiger partial charge in [0.1, 0.15) is 23.8 Å². The van der Waals surface area contributed by atoms with Gasteiger partial charge in [-0.3, -0.25) is 9.69 Å². The predicted octanol–water partition coefficient (Wildman–Crippen LogP) is 2.64. The Bertz CT molecular complexity index is 1310. The third-order valence-corrected chi connectivity index (χ3v) is 7.54. The lowest BCUT2D eigenvalue weighted by Gasteiger charge is -2.33. The number of hydrogen-bond acceptors (Lipinski definition) is 8. The molecule has 13 heteroatoms. The van der Waals surface area contributed by atoms with E-state index in [9.17, 15) is 33.7 Å². The number of para-hydroxylation sites is 1. The van der Waals surface area contributed by atoms with Gasteiger partial charge in [0.05, 0.1) is 24.8 Å². The Morgan fingerprint density at radius 3 is 2.77 bits per heavy atom. The molecular formula is C27H33BF2N4O6. The van der Waals surface area contributed by atoms with Crippen molar-refractivity contribution in [1.29, 1.82) is 5.26 Å². The smallest absolute Gasteiger partial charge is 0.464 e. The van der Waals surface area contributed by atoms with Gasteiger partial charge in [-0.1, -0.05) is 18.2 Å². The first-order valence-corrected chi connectivity index (χ1v) is 13.2. The molecule has 0 radical (unpaired) electrons. The summed E-state index contributed by atoms with van der Waals surface area (Å²) in [5.41, 5.74) is 0.210. The lowest BCUT2D eigenvalue weighted by Crippen LogP contribution is -2.49. The van der Waals surface area contributed by atoms with E-state index < -0.39 is 49.1 Å². The minimum Gasteiger partial charge on any atom is -0.464 e. The molecule has 1 aromatic carbocycles. The summed E-state index contributed by atoms with van der Waals surface area (Å²) in [7, 11) is -1.87. The number of alkyl carbamates (subject to hydrolysis) is 1. The molecule has 2 aliphatic rings. The maximum atomic E-state index is 13.7. The number of benzene rings is 1. The van der Waals surface area contributed by atoms with Crippen LogP contribution in [0.15, 0.2) is 46.6 Å². The van der Waals surface area contributed by atoms with Crippen LogP contribution in [0.1, 0.15) is 38.7 Å². The van der Waals surface area contributed by atoms with E-state index in [4.69, 9.17) is 9.15 Å². The molecule has 0 bridgehead atoms. The molecule has 2 aliphatic heterocycles. The second-order valence-corrected chi connectivity index (χ2v) is 10.9. The predicted molar refractivity (Wildman–Crippen MR) is 142 cm³/mol. The first-order chi connectivity index (χ1) is 18.9. The van der Waals surface area contributed by atoms with Crippen LogP contribution in [-0.2, 0) is 16.0 Å². The number of nitrogens with one attached hydrogen (secondary N) is 1. The van der Waals surface area contributed by atoms with Gasteiger partial charge in [-0.05, 0) is 50.8 Å². The Hall–Kier alpha value is -3.47. The highest BCUT2D eigenvalue weighted by molar-refractivity contribution is 6.43. The van der Waals surface area contributed by atoms with Crippen LogP contribution in [0, 0.1) is 11.3 Å². The van der Waals surface area contributed by atoms with Gasteiger partial charge in [-0.15, -0.1) is 0 Å². The van der Waals surface area contributed by atoms with E-state index in [0.717, 1.165) is 5.39 Å². The fraction of sp³-hybridized carbons (Fsp3) is 0.519. The number of likely N-dealkylation sites (tertiary alicyclic amines) is 2. The second kappa shape index (κ2) is 12.0. The summed E-state index contributed by atoms with van der Waals surface area (Å²) in [6.45, 7) is 3.26. The Balaban J connectivity index is 1.35. The normalized spacial score (nSPS) is 20.4. The molecule has 10 nitrogen and oxygen atoms in total. The number of ether oxygens (including phenoxy) is 1. The topological polar surface area (TPSA) is 139 Å². The average molecular weight is 558 g/mol. The van der Waals surface area contributed by atoms with Crippen LogP contribution in [0.4, 0.5) is 13.6 Å². The maximum Gasteiger partial charge on any atom is 0.475 e. The number of furan rings is 1. The SMILES string of the molecule is CC(C)(C=C(C#N)C(=O)N1CCC[C@@H]1COC(=O)N[C@@H](Cc1coc2ccccc12)B(O)O)N1CCC(F)(F)C1. The minimum atomic E-state index is -2.81. The summed E-state index contributed by atoms with van der Waals surface area (Å²) < 4.78 is 38.3. The lowest BCUT2D eigenvalue weighted by molar-refractivity contribution is -0.128. The molecule has 3 heterocycles. The molecule has 214 valence electrons. The maximum absolute atomic E-state index is 13.7. The Kier molecular flexibility index (Phi) is 8.82. The zero-order valence-corrected chi connectivity index (χ0v) is 22.5. The summed E-state index contributed by atoms with van der Waals surface area (Å²) in [5.74, 6) is -4.44. The molecule has 0 spiro atoms. The summed E-state index contributed by atoms with van der Waals surface area (Å²) in [4.78, 5) is 28.8. The zero-order chi connectivity index (χ0) is 29.1. The number of nitriles is 1. The number of fused-ring (bicyclic) bond motifs is 1. The molecule has 2 aromatic rings. The van der Waals surface area contributed by atoms with Crippen molar-refractivity contribution in [3.8, 4) is 6.07 Å². The number of amides is 2. The first kappa shape index (κ1) is 29.5. The molecule has 4 rings (SSSR count). The van der Waals surface area contributed by atoms with E-state index in [1.807, 2.05) is 24.3 Å². The highest BCUT2D eigenvalue weighted by Gasteiger charge is 2.43. The van der Waals surface area contributed by atoms with Crippen molar-refractivity contribution in [3.05, 3.63) is 47.7 Å². The molecule has 2 amide bonds. The van der Waals surface area contributed by atoms with Crippen molar-refractivity contribution in [2.75, 3.05) is 26.2 Å². The molecule has 2 fully saturated rings. The summed E-state index contributed by atoms with van der Waals surface area (Å²) >= 11 is 0. The number of hydrogen-bond donors (Lipinski definition) is 3. The third kappa shape index (κ3) is 6.81. The molecule has 3 N–H and O–H groups in total. The van der Waals surface area contributed by atoms with Crippen molar-refractivity contribution in [2.24, 2.45) is 0 Å². The first-order valence-electron chi connectivity index (χ1n) is 13.2. The van der Waals surface area contributed by atoms with Gasteiger partial charge in [0.2, 0.25) is 0 Å². The number of carbonyl (C=O) groups is 2. The van der Waals surface area contributed by atoms with Crippen LogP contribution in [0.3, 0.4) is 0 Å². The van der Waals surface area contributed by atoms with Gasteiger partial charge >= 0.3 is 13.2 Å². The lowest BCUT2D eigenvalue weighted by atomic mass is 9.76. The monoisotopic (exact) mass is 558 g/mol. The molecule has 2 saturated heterocycles. The summed E-state index contributed by atoms with van der Waals surface area (Å²) in [6, 6.07) is 8.64. The average Bonchev–Trinajstić information content (AvgIpc) is 3.64. The van der Waals surface area contributed by atoms with Gasteiger partial charge in [0.15, 0.2) is 0 Å². The third-order valence-electron chi connectivity index (χ3n) is 7.54. The van der Waals surface area contributed by atoms with Crippen LogP contribution >= 0.6 is 0 Å². The number of alkyl halides is 2. The van der Waals surface area contributed by atoms with Crippen molar-refractivity contribution in [2.45, 2.75) is 63.0 Å². The molecular weight excluding hydrogens is 525 g/mol. The largest absolute Gasteiger partial charge is 0.475 e. The Morgan fingerprint density at radius 2 is 2.10 bits per heavy atom. The van der Waals surface area contributed by atoms with Crippen molar-refractivity contribution < 1.29 is 37.6 Å². The van der Waals surface area contributed by atoms with Gasteiger partial charge in [0.25, 0.3) is 11.8 Å². The van der Waals surface area contributed by atoms with Crippen molar-refractivity contribution in [1.82, 2.24) is 15.1 Å². The highest BCUT2D eigenvalue weighted by atomic mass is 19.3. The Labute approximate surface area is 231 Å². The van der Waals surface area contributed by atoms with Gasteiger partial charge in [-0.2, -0.15) is 5.26 Å². The van der Waals surface area contributed by atoms with Crippen LogP contribution in [0.2, 0.25) is 0 Å². The van der Waals surface area contributed by atoms with Gasteiger partial charge < -0.3 is 29.4 Å². The molecule has 0 unspecified atom stereocenters. The van der Waals surface area contributed by atoms with Crippen molar-refractivity contribution >= 4 is 30.1 Å². The number of carbonyl (C=O) groups excluding carboxylic acids is 2. The molecule has 40 heavy (non-hydrogen) atoms. The zero-order valence-electron chi connectivity index (χ0n) is 22.5. The fourth-order valence-corrected chi connectivity index (χ4v) is 5.27. The number of nitrogens with zero attached hydrogens (tertiary/aromatic N) is 3. The van der Waals surface area contributed by atoms with E-state index in [1.54, 1.807) is 24.8 Å². The molecule has 1 aromatic heterocycles. The molecule has 2 atom stereocenters. The summed E-state index contributed by atoms with van der Waals surface area (Å²) in [6.07, 6.45) is 2.99. The number of halogens is 2. The number of rotatable bonds is 9. The Morgan fingerprint density at radius 1 is 1.35 bits per heavy atom. The molecule has 0 aliphatic carbocycles. The van der Waals surface area contributed by atoms with Crippen LogP contribution in [0.5, 0.6) is 0 Å². The van der Waals surface area contributed by atoms with Crippen molar-refractivity contribution in [3.63, 3.8) is 0 Å². The van der Waals surface area contributed by atoms with Crippen LogP contribution in [0.25, 0.3) is 11.0 Å². The van der Waals surface area contributed by atoms with Gasteiger partial charge in [0, 0.05) is 30.4 Å². The van der Waals surface area contributed by atoms with E-state index in [2.05, 4.69) is 5.32 Å².